The molecule has 0 saturated heterocycles. The van der Waals surface area contributed by atoms with E-state index < -0.39 is 79.5 Å². The van der Waals surface area contributed by atoms with E-state index in [1.807, 2.05) is 0 Å². The van der Waals surface area contributed by atoms with Crippen LogP contribution in [0, 0.1) is 0 Å². The van der Waals surface area contributed by atoms with Gasteiger partial charge in [0.05, 0.1) is 113 Å². The minimum Gasteiger partial charge on any atom is -0.309 e. The van der Waals surface area contributed by atoms with Crippen LogP contribution >= 0.6 is 45.6 Å². The second-order valence-corrected chi connectivity index (χ2v) is 28.7. The van der Waals surface area contributed by atoms with Crippen LogP contribution in [0.5, 0.6) is 0 Å². The summed E-state index contributed by atoms with van der Waals surface area (Å²) in [5.41, 5.74) is -5.57. The highest BCUT2D eigenvalue weighted by Gasteiger charge is 2.53. The van der Waals surface area contributed by atoms with Crippen LogP contribution in [0.1, 0.15) is 148 Å². The number of hydrogen-bond acceptors (Lipinski definition) is 18. The summed E-state index contributed by atoms with van der Waals surface area (Å²) >= 11 is 0. The molecule has 0 radical (unpaired) electrons. The van der Waals surface area contributed by atoms with Gasteiger partial charge in [-0.05, 0) is 122 Å². The quantitative estimate of drug-likeness (QED) is 0.0519. The fourth-order valence-electron chi connectivity index (χ4n) is 7.79. The van der Waals surface area contributed by atoms with Crippen molar-refractivity contribution >= 4 is 45.6 Å². The summed E-state index contributed by atoms with van der Waals surface area (Å²) in [4.78, 5) is 0. The van der Waals surface area contributed by atoms with Gasteiger partial charge in [0.25, 0.3) is 0 Å². The van der Waals surface area contributed by atoms with Gasteiger partial charge in [0.15, 0.2) is 0 Å². The standard InChI is InChI=1S/C40H88O18P6/c1-15-47-59(41,48-16-2)35(13)29-27-30-37(61(43,51-19-5)52-20-6)38(62(44,53-21-7)54-22-8)31-28-32-39(63(45,55-23-9)56-24-10)40(64(46,57-25-11)58-26-12)34-33-36(14)60(42,49-17-3)50-18-4/h35-40H,15-34H2,1-14H3. The molecular formula is C40H88O18P6. The van der Waals surface area contributed by atoms with Crippen molar-refractivity contribution in [1.82, 2.24) is 0 Å². The Morgan fingerprint density at radius 1 is 0.250 bits per heavy atom. The van der Waals surface area contributed by atoms with Crippen molar-refractivity contribution in [2.45, 2.75) is 182 Å². The molecule has 6 unspecified atom stereocenters. The Balaban J connectivity index is 7.84. The van der Waals surface area contributed by atoms with Crippen molar-refractivity contribution in [3.05, 3.63) is 0 Å². The third-order valence-corrected chi connectivity index (χ3v) is 26.6. The molecule has 0 aromatic rings. The van der Waals surface area contributed by atoms with Crippen LogP contribution in [0.25, 0.3) is 0 Å². The van der Waals surface area contributed by atoms with E-state index in [0.717, 1.165) is 0 Å². The maximum atomic E-state index is 15.2. The molecule has 0 N–H and O–H groups in total. The van der Waals surface area contributed by atoms with Crippen molar-refractivity contribution in [3.63, 3.8) is 0 Å². The summed E-state index contributed by atoms with van der Waals surface area (Å²) in [6, 6.07) is 0. The van der Waals surface area contributed by atoms with Crippen molar-refractivity contribution in [3.8, 4) is 0 Å². The van der Waals surface area contributed by atoms with Crippen LogP contribution in [0.4, 0.5) is 0 Å². The van der Waals surface area contributed by atoms with Gasteiger partial charge in [-0.15, -0.1) is 0 Å². The van der Waals surface area contributed by atoms with Gasteiger partial charge in [-0.2, -0.15) is 0 Å². The minimum atomic E-state index is -4.17. The molecule has 0 aliphatic carbocycles. The molecule has 0 aliphatic rings. The molecule has 0 aliphatic heterocycles. The lowest BCUT2D eigenvalue weighted by atomic mass is 10.0. The summed E-state index contributed by atoms with van der Waals surface area (Å²) < 4.78 is 158. The lowest BCUT2D eigenvalue weighted by Gasteiger charge is -2.38. The highest BCUT2D eigenvalue weighted by Crippen LogP contribution is 2.69. The topological polar surface area (TPSA) is 213 Å². The summed E-state index contributed by atoms with van der Waals surface area (Å²) in [7, 11) is -23.6. The van der Waals surface area contributed by atoms with Crippen LogP contribution in [-0.4, -0.2) is 113 Å². The monoisotopic (exact) mass is 1040 g/mol. The predicted octanol–water partition coefficient (Wildman–Crippen LogP) is 14.0. The second kappa shape index (κ2) is 33.5. The third-order valence-electron chi connectivity index (χ3n) is 10.3. The maximum absolute atomic E-state index is 15.2. The molecule has 24 heteroatoms. The van der Waals surface area contributed by atoms with E-state index >= 15 is 18.3 Å². The zero-order valence-electron chi connectivity index (χ0n) is 41.6. The van der Waals surface area contributed by atoms with Crippen LogP contribution < -0.4 is 0 Å². The molecule has 0 fully saturated rings. The molecule has 0 saturated carbocycles. The Morgan fingerprint density at radius 3 is 0.641 bits per heavy atom. The van der Waals surface area contributed by atoms with Gasteiger partial charge in [-0.3, -0.25) is 27.4 Å². The smallest absolute Gasteiger partial charge is 0.309 e. The molecule has 0 heterocycles. The lowest BCUT2D eigenvalue weighted by Crippen LogP contribution is -2.33. The van der Waals surface area contributed by atoms with E-state index in [1.54, 1.807) is 96.9 Å². The van der Waals surface area contributed by atoms with Gasteiger partial charge in [0.2, 0.25) is 0 Å². The molecule has 6 atom stereocenters. The zero-order chi connectivity index (χ0) is 49.1. The third kappa shape index (κ3) is 20.0. The first-order valence-electron chi connectivity index (χ1n) is 23.6. The average Bonchev–Trinajstić information content (AvgIpc) is 3.21. The molecular weight excluding hydrogens is 954 g/mol. The highest BCUT2D eigenvalue weighted by molar-refractivity contribution is 7.60. The fraction of sp³-hybridized carbons (Fsp3) is 1.00. The lowest BCUT2D eigenvalue weighted by molar-refractivity contribution is 0.186. The predicted molar refractivity (Wildman–Crippen MR) is 256 cm³/mol. The molecule has 0 aromatic heterocycles. The SMILES string of the molecule is CCOP(=O)(OCC)C(C)CCCC(C(CCCC(C(CCC(C)P(=O)(OCC)OCC)P(=O)(OCC)OCC)P(=O)(OCC)OCC)P(=O)(OCC)OCC)P(=O)(OCC)OCC. The van der Waals surface area contributed by atoms with Gasteiger partial charge >= 0.3 is 45.6 Å². The second-order valence-electron chi connectivity index (χ2n) is 14.7. The van der Waals surface area contributed by atoms with Crippen molar-refractivity contribution in [1.29, 1.82) is 0 Å². The first kappa shape index (κ1) is 64.9. The molecule has 0 spiro atoms. The number of hydrogen-bond donors (Lipinski definition) is 0. The molecule has 18 nitrogen and oxygen atoms in total. The van der Waals surface area contributed by atoms with Gasteiger partial charge < -0.3 is 54.3 Å². The molecule has 0 amide bonds. The van der Waals surface area contributed by atoms with E-state index in [1.165, 1.54) is 0 Å². The first-order valence-corrected chi connectivity index (χ1v) is 33.2. The van der Waals surface area contributed by atoms with E-state index in [2.05, 4.69) is 0 Å². The van der Waals surface area contributed by atoms with E-state index in [9.17, 15) is 9.13 Å². The molecule has 386 valence electrons. The zero-order valence-corrected chi connectivity index (χ0v) is 47.0. The van der Waals surface area contributed by atoms with Crippen molar-refractivity contribution < 1.29 is 81.7 Å². The van der Waals surface area contributed by atoms with Crippen molar-refractivity contribution in [2.75, 3.05) is 79.3 Å². The Kier molecular flexibility index (Phi) is 33.9. The van der Waals surface area contributed by atoms with Crippen molar-refractivity contribution in [2.24, 2.45) is 0 Å². The molecule has 0 aromatic carbocycles. The Hall–Kier alpha value is 0.900. The Morgan fingerprint density at radius 2 is 0.422 bits per heavy atom. The highest BCUT2D eigenvalue weighted by atomic mass is 31.2. The van der Waals surface area contributed by atoms with Crippen LogP contribution in [0.15, 0.2) is 0 Å². The Labute approximate surface area is 387 Å². The largest absolute Gasteiger partial charge is 0.334 e. The minimum absolute atomic E-state index is 0.00298. The summed E-state index contributed by atoms with van der Waals surface area (Å²) in [6.45, 7) is 24.5. The molecule has 0 rings (SSSR count). The van der Waals surface area contributed by atoms with Gasteiger partial charge in [0, 0.05) is 0 Å². The first-order chi connectivity index (χ1) is 30.2. The van der Waals surface area contributed by atoms with E-state index in [0.29, 0.717) is 12.8 Å². The molecule has 64 heavy (non-hydrogen) atoms. The van der Waals surface area contributed by atoms with Crippen LogP contribution in [0.2, 0.25) is 0 Å². The average molecular weight is 1040 g/mol. The summed E-state index contributed by atoms with van der Waals surface area (Å²) in [5.74, 6) is 0. The van der Waals surface area contributed by atoms with E-state index in [4.69, 9.17) is 54.3 Å². The maximum Gasteiger partial charge on any atom is 0.334 e. The van der Waals surface area contributed by atoms with E-state index in [-0.39, 0.29) is 118 Å². The fourth-order valence-corrected chi connectivity index (χ4v) is 22.3. The molecule has 0 bridgehead atoms. The Bertz CT molecular complexity index is 1480. The van der Waals surface area contributed by atoms with Gasteiger partial charge in [-0.25, -0.2) is 0 Å². The summed E-state index contributed by atoms with van der Waals surface area (Å²) in [5, 5.41) is 0. The van der Waals surface area contributed by atoms with Crippen LogP contribution in [0.3, 0.4) is 0 Å². The number of rotatable bonds is 43. The van der Waals surface area contributed by atoms with Gasteiger partial charge in [0.1, 0.15) is 0 Å². The van der Waals surface area contributed by atoms with Crippen LogP contribution in [-0.2, 0) is 81.7 Å². The van der Waals surface area contributed by atoms with Gasteiger partial charge in [-0.1, -0.05) is 26.7 Å². The normalized spacial score (nSPS) is 16.4. The summed E-state index contributed by atoms with van der Waals surface area (Å²) in [6.07, 6.45) is 1.15.